The van der Waals surface area contributed by atoms with Crippen LogP contribution in [-0.2, 0) is 6.42 Å². The molecule has 1 nitrogen and oxygen atoms in total. The van der Waals surface area contributed by atoms with Gasteiger partial charge in [0.2, 0.25) is 0 Å². The zero-order chi connectivity index (χ0) is 14.1. The molecule has 0 aromatic heterocycles. The Labute approximate surface area is 124 Å². The number of halogens is 3. The van der Waals surface area contributed by atoms with E-state index < -0.39 is 11.6 Å². The van der Waals surface area contributed by atoms with Crippen LogP contribution in [0.2, 0.25) is 0 Å². The van der Waals surface area contributed by atoms with Crippen molar-refractivity contribution in [3.8, 4) is 5.75 Å². The van der Waals surface area contributed by atoms with Crippen LogP contribution >= 0.6 is 15.9 Å². The van der Waals surface area contributed by atoms with Crippen LogP contribution < -0.4 is 4.74 Å². The maximum atomic E-state index is 13.8. The summed E-state index contributed by atoms with van der Waals surface area (Å²) in [5, 5.41) is 0. The largest absolute Gasteiger partial charge is 0.493 e. The van der Waals surface area contributed by atoms with Gasteiger partial charge >= 0.3 is 0 Å². The topological polar surface area (TPSA) is 9.23 Å². The number of rotatable bonds is 2. The van der Waals surface area contributed by atoms with E-state index in [9.17, 15) is 8.78 Å². The van der Waals surface area contributed by atoms with Gasteiger partial charge in [-0.25, -0.2) is 8.78 Å². The zero-order valence-corrected chi connectivity index (χ0v) is 12.3. The molecule has 0 N–H and O–H groups in total. The molecule has 1 atom stereocenters. The molecule has 2 aromatic rings. The highest BCUT2D eigenvalue weighted by molar-refractivity contribution is 9.09. The monoisotopic (exact) mass is 338 g/mol. The second-order valence-corrected chi connectivity index (χ2v) is 5.74. The lowest BCUT2D eigenvalue weighted by Crippen LogP contribution is -2.09. The van der Waals surface area contributed by atoms with Gasteiger partial charge in [-0.15, -0.1) is 0 Å². The Morgan fingerprint density at radius 3 is 2.85 bits per heavy atom. The van der Waals surface area contributed by atoms with Crippen molar-refractivity contribution in [2.75, 3.05) is 6.61 Å². The first-order valence-corrected chi connectivity index (χ1v) is 7.42. The summed E-state index contributed by atoms with van der Waals surface area (Å²) in [5.74, 6) is -0.740. The SMILES string of the molecule is Fc1cccc(C(Br)c2ccc3c(c2)CCCO3)c1F. The van der Waals surface area contributed by atoms with Crippen LogP contribution in [-0.4, -0.2) is 6.61 Å². The number of aryl methyl sites for hydroxylation is 1. The molecular weight excluding hydrogens is 326 g/mol. The maximum absolute atomic E-state index is 13.8. The molecule has 0 fully saturated rings. The normalized spacial score (nSPS) is 15.3. The minimum Gasteiger partial charge on any atom is -0.493 e. The van der Waals surface area contributed by atoms with E-state index >= 15 is 0 Å². The highest BCUT2D eigenvalue weighted by Gasteiger charge is 2.19. The van der Waals surface area contributed by atoms with E-state index in [1.807, 2.05) is 18.2 Å². The van der Waals surface area contributed by atoms with Gasteiger partial charge in [0.25, 0.3) is 0 Å². The molecular formula is C16H13BrF2O. The molecule has 4 heteroatoms. The molecule has 0 radical (unpaired) electrons. The molecule has 1 heterocycles. The molecule has 0 bridgehead atoms. The van der Waals surface area contributed by atoms with Crippen LogP contribution in [0.25, 0.3) is 0 Å². The number of ether oxygens (including phenoxy) is 1. The number of benzene rings is 2. The molecule has 0 aliphatic carbocycles. The van der Waals surface area contributed by atoms with Crippen molar-refractivity contribution >= 4 is 15.9 Å². The van der Waals surface area contributed by atoms with E-state index in [4.69, 9.17) is 4.74 Å². The van der Waals surface area contributed by atoms with Crippen molar-refractivity contribution in [3.05, 3.63) is 64.7 Å². The van der Waals surface area contributed by atoms with Gasteiger partial charge in [0.15, 0.2) is 11.6 Å². The van der Waals surface area contributed by atoms with Crippen LogP contribution in [0.5, 0.6) is 5.75 Å². The van der Waals surface area contributed by atoms with Crippen LogP contribution in [0.15, 0.2) is 36.4 Å². The summed E-state index contributed by atoms with van der Waals surface area (Å²) < 4.78 is 32.7. The smallest absolute Gasteiger partial charge is 0.163 e. The quantitative estimate of drug-likeness (QED) is 0.716. The Hall–Kier alpha value is -1.42. The Bertz CT molecular complexity index is 642. The molecule has 0 saturated heterocycles. The van der Waals surface area contributed by atoms with E-state index in [0.29, 0.717) is 5.56 Å². The summed E-state index contributed by atoms with van der Waals surface area (Å²) in [4.78, 5) is -0.370. The molecule has 20 heavy (non-hydrogen) atoms. The third-order valence-corrected chi connectivity index (χ3v) is 4.50. The van der Waals surface area contributed by atoms with Gasteiger partial charge < -0.3 is 4.74 Å². The Balaban J connectivity index is 1.98. The van der Waals surface area contributed by atoms with Crippen molar-refractivity contribution in [1.82, 2.24) is 0 Å². The third-order valence-electron chi connectivity index (χ3n) is 3.48. The fourth-order valence-electron chi connectivity index (χ4n) is 2.43. The predicted octanol–water partition coefficient (Wildman–Crippen LogP) is 4.77. The molecule has 2 aromatic carbocycles. The number of hydrogen-bond donors (Lipinski definition) is 0. The molecule has 3 rings (SSSR count). The highest BCUT2D eigenvalue weighted by Crippen LogP contribution is 2.36. The molecule has 1 aliphatic heterocycles. The number of alkyl halides is 1. The molecule has 104 valence electrons. The van der Waals surface area contributed by atoms with Crippen molar-refractivity contribution in [3.63, 3.8) is 0 Å². The van der Waals surface area contributed by atoms with Gasteiger partial charge in [0.1, 0.15) is 5.75 Å². The lowest BCUT2D eigenvalue weighted by Gasteiger charge is -2.19. The van der Waals surface area contributed by atoms with Crippen molar-refractivity contribution < 1.29 is 13.5 Å². The van der Waals surface area contributed by atoms with E-state index in [1.165, 1.54) is 6.07 Å². The number of fused-ring (bicyclic) bond motifs is 1. The van der Waals surface area contributed by atoms with Crippen LogP contribution in [0.4, 0.5) is 8.78 Å². The van der Waals surface area contributed by atoms with Gasteiger partial charge in [-0.1, -0.05) is 40.2 Å². The minimum absolute atomic E-state index is 0.307. The average molecular weight is 339 g/mol. The first-order valence-electron chi connectivity index (χ1n) is 6.50. The standard InChI is InChI=1S/C16H13BrF2O/c17-15(12-4-1-5-13(18)16(12)19)11-6-7-14-10(9-11)3-2-8-20-14/h1,4-7,9,15H,2-3,8H2. The summed E-state index contributed by atoms with van der Waals surface area (Å²) in [6.45, 7) is 0.739. The summed E-state index contributed by atoms with van der Waals surface area (Å²) in [6.07, 6.45) is 1.94. The Kier molecular flexibility index (Phi) is 3.74. The van der Waals surface area contributed by atoms with Crippen LogP contribution in [0, 0.1) is 11.6 Å². The zero-order valence-electron chi connectivity index (χ0n) is 10.7. The molecule has 0 spiro atoms. The average Bonchev–Trinajstić information content (AvgIpc) is 2.49. The van der Waals surface area contributed by atoms with Crippen molar-refractivity contribution in [2.45, 2.75) is 17.7 Å². The van der Waals surface area contributed by atoms with Crippen molar-refractivity contribution in [1.29, 1.82) is 0 Å². The molecule has 1 aliphatic rings. The lowest BCUT2D eigenvalue weighted by molar-refractivity contribution is 0.288. The predicted molar refractivity (Wildman–Crippen MR) is 77.4 cm³/mol. The molecule has 0 saturated carbocycles. The van der Waals surface area contributed by atoms with Crippen molar-refractivity contribution in [2.24, 2.45) is 0 Å². The van der Waals surface area contributed by atoms with Gasteiger partial charge in [0.05, 0.1) is 11.4 Å². The second kappa shape index (κ2) is 5.52. The molecule has 0 amide bonds. The molecule has 1 unspecified atom stereocenters. The van der Waals surface area contributed by atoms with Gasteiger partial charge in [-0.2, -0.15) is 0 Å². The first-order chi connectivity index (χ1) is 9.66. The first kappa shape index (κ1) is 13.6. The fourth-order valence-corrected chi connectivity index (χ4v) is 3.07. The van der Waals surface area contributed by atoms with Crippen LogP contribution in [0.1, 0.15) is 27.9 Å². The fraction of sp³-hybridized carbons (Fsp3) is 0.250. The Morgan fingerprint density at radius 1 is 1.15 bits per heavy atom. The maximum Gasteiger partial charge on any atom is 0.163 e. The number of hydrogen-bond acceptors (Lipinski definition) is 1. The summed E-state index contributed by atoms with van der Waals surface area (Å²) in [7, 11) is 0. The van der Waals surface area contributed by atoms with E-state index in [2.05, 4.69) is 15.9 Å². The lowest BCUT2D eigenvalue weighted by atomic mass is 9.98. The van der Waals surface area contributed by atoms with Crippen LogP contribution in [0.3, 0.4) is 0 Å². The summed E-state index contributed by atoms with van der Waals surface area (Å²) >= 11 is 3.46. The highest BCUT2D eigenvalue weighted by atomic mass is 79.9. The van der Waals surface area contributed by atoms with E-state index in [0.717, 1.165) is 42.4 Å². The van der Waals surface area contributed by atoms with Gasteiger partial charge in [-0.05, 0) is 36.1 Å². The van der Waals surface area contributed by atoms with Gasteiger partial charge in [-0.3, -0.25) is 0 Å². The second-order valence-electron chi connectivity index (χ2n) is 4.82. The third kappa shape index (κ3) is 2.44. The van der Waals surface area contributed by atoms with E-state index in [-0.39, 0.29) is 4.83 Å². The van der Waals surface area contributed by atoms with Gasteiger partial charge in [0, 0.05) is 5.56 Å². The summed E-state index contributed by atoms with van der Waals surface area (Å²) in [6, 6.07) is 10.0. The minimum atomic E-state index is -0.826. The Morgan fingerprint density at radius 2 is 2.00 bits per heavy atom. The summed E-state index contributed by atoms with van der Waals surface area (Å²) in [5.41, 5.74) is 2.33. The van der Waals surface area contributed by atoms with E-state index in [1.54, 1.807) is 6.07 Å².